The third-order valence-corrected chi connectivity index (χ3v) is 3.39. The molecule has 0 radical (unpaired) electrons. The number of nitrogens with one attached hydrogen (secondary N) is 1. The van der Waals surface area contributed by atoms with E-state index in [9.17, 15) is 0 Å². The van der Waals surface area contributed by atoms with Crippen LogP contribution in [0.15, 0.2) is 5.16 Å². The van der Waals surface area contributed by atoms with E-state index in [1.165, 1.54) is 12.8 Å². The van der Waals surface area contributed by atoms with Crippen molar-refractivity contribution in [2.24, 2.45) is 0 Å². The summed E-state index contributed by atoms with van der Waals surface area (Å²) in [6, 6.07) is 0. The molecule has 1 heterocycles. The number of hydrogen-bond donors (Lipinski definition) is 1. The van der Waals surface area contributed by atoms with Crippen LogP contribution in [0, 0.1) is 0 Å². The predicted octanol–water partition coefficient (Wildman–Crippen LogP) is 1.56. The highest BCUT2D eigenvalue weighted by Crippen LogP contribution is 2.22. The summed E-state index contributed by atoms with van der Waals surface area (Å²) < 4.78 is 1.87. The molecule has 0 spiro atoms. The Morgan fingerprint density at radius 2 is 2.25 bits per heavy atom. The highest BCUT2D eigenvalue weighted by atomic mass is 32.2. The number of aromatic nitrogens is 4. The number of rotatable bonds is 8. The van der Waals surface area contributed by atoms with E-state index in [0.717, 1.165) is 24.8 Å². The van der Waals surface area contributed by atoms with Crippen molar-refractivity contribution in [2.45, 2.75) is 50.6 Å². The Morgan fingerprint density at radius 1 is 1.44 bits per heavy atom. The summed E-state index contributed by atoms with van der Waals surface area (Å²) >= 11 is 1.76. The Kier molecular flexibility index (Phi) is 6.40. The van der Waals surface area contributed by atoms with Gasteiger partial charge in [0.15, 0.2) is 0 Å². The van der Waals surface area contributed by atoms with Gasteiger partial charge >= 0.3 is 0 Å². The van der Waals surface area contributed by atoms with Gasteiger partial charge in [0.1, 0.15) is 0 Å². The van der Waals surface area contributed by atoms with Crippen LogP contribution in [-0.4, -0.2) is 38.5 Å². The summed E-state index contributed by atoms with van der Waals surface area (Å²) in [4.78, 5) is 0. The summed E-state index contributed by atoms with van der Waals surface area (Å²) in [5.74, 6) is 0. The second-order valence-corrected chi connectivity index (χ2v) is 5.16. The van der Waals surface area contributed by atoms with E-state index in [0.29, 0.717) is 5.25 Å². The minimum atomic E-state index is 0.578. The van der Waals surface area contributed by atoms with Gasteiger partial charge in [-0.05, 0) is 23.4 Å². The topological polar surface area (TPSA) is 55.6 Å². The minimum absolute atomic E-state index is 0.578. The summed E-state index contributed by atoms with van der Waals surface area (Å²) in [5, 5.41) is 16.6. The van der Waals surface area contributed by atoms with Crippen LogP contribution >= 0.6 is 11.8 Å². The van der Waals surface area contributed by atoms with Gasteiger partial charge in [0.2, 0.25) is 5.16 Å². The Balaban J connectivity index is 2.43. The minimum Gasteiger partial charge on any atom is -0.315 e. The molecule has 1 N–H and O–H groups in total. The van der Waals surface area contributed by atoms with Crippen molar-refractivity contribution in [3.63, 3.8) is 0 Å². The average Bonchev–Trinajstić information content (AvgIpc) is 2.66. The fourth-order valence-electron chi connectivity index (χ4n) is 1.43. The van der Waals surface area contributed by atoms with Crippen molar-refractivity contribution in [3.8, 4) is 0 Å². The van der Waals surface area contributed by atoms with Crippen LogP contribution in [0.25, 0.3) is 0 Å². The lowest BCUT2D eigenvalue weighted by molar-refractivity contribution is 0.517. The molecule has 16 heavy (non-hydrogen) atoms. The van der Waals surface area contributed by atoms with E-state index in [-0.39, 0.29) is 0 Å². The Bertz CT molecular complexity index is 288. The second-order valence-electron chi connectivity index (χ2n) is 3.76. The van der Waals surface area contributed by atoms with Gasteiger partial charge in [0.05, 0.1) is 6.54 Å². The largest absolute Gasteiger partial charge is 0.315 e. The smallest absolute Gasteiger partial charge is 0.209 e. The van der Waals surface area contributed by atoms with Crippen LogP contribution in [0.5, 0.6) is 0 Å². The zero-order chi connectivity index (χ0) is 11.8. The van der Waals surface area contributed by atoms with Crippen molar-refractivity contribution in [1.82, 2.24) is 25.5 Å². The molecule has 0 amide bonds. The molecule has 0 saturated carbocycles. The van der Waals surface area contributed by atoms with Crippen LogP contribution in [-0.2, 0) is 6.54 Å². The fraction of sp³-hybridized carbons (Fsp3) is 0.900. The maximum Gasteiger partial charge on any atom is 0.209 e. The molecule has 1 atom stereocenters. The van der Waals surface area contributed by atoms with Gasteiger partial charge in [-0.15, -0.1) is 5.10 Å². The number of thioether (sulfide) groups is 1. The lowest BCUT2D eigenvalue weighted by Gasteiger charge is -2.09. The highest BCUT2D eigenvalue weighted by Gasteiger charge is 2.10. The fourth-order valence-corrected chi connectivity index (χ4v) is 2.47. The number of hydrogen-bond acceptors (Lipinski definition) is 5. The van der Waals surface area contributed by atoms with E-state index < -0.39 is 0 Å². The van der Waals surface area contributed by atoms with Gasteiger partial charge in [-0.3, -0.25) is 0 Å². The Hall–Kier alpha value is -0.620. The van der Waals surface area contributed by atoms with E-state index >= 15 is 0 Å². The average molecular weight is 243 g/mol. The van der Waals surface area contributed by atoms with Gasteiger partial charge < -0.3 is 5.32 Å². The number of likely N-dealkylation sites (N-methyl/N-ethyl adjacent to an activating group) is 1. The molecule has 1 unspecified atom stereocenters. The number of nitrogens with zero attached hydrogens (tertiary/aromatic N) is 4. The highest BCUT2D eigenvalue weighted by molar-refractivity contribution is 7.99. The van der Waals surface area contributed by atoms with Crippen LogP contribution in [0.1, 0.15) is 33.6 Å². The van der Waals surface area contributed by atoms with Crippen LogP contribution in [0.2, 0.25) is 0 Å². The summed E-state index contributed by atoms with van der Waals surface area (Å²) in [7, 11) is 0. The zero-order valence-electron chi connectivity index (χ0n) is 10.3. The zero-order valence-corrected chi connectivity index (χ0v) is 11.1. The maximum atomic E-state index is 4.05. The Labute approximate surface area is 101 Å². The second kappa shape index (κ2) is 7.62. The summed E-state index contributed by atoms with van der Waals surface area (Å²) in [6.45, 7) is 9.25. The molecular formula is C10H21N5S. The molecule has 1 rings (SSSR count). The molecule has 0 aliphatic heterocycles. The van der Waals surface area contributed by atoms with Crippen LogP contribution in [0.3, 0.4) is 0 Å². The quantitative estimate of drug-likeness (QED) is 0.555. The van der Waals surface area contributed by atoms with Gasteiger partial charge in [-0.1, -0.05) is 39.0 Å². The molecule has 92 valence electrons. The molecule has 0 fully saturated rings. The van der Waals surface area contributed by atoms with Crippen LogP contribution < -0.4 is 5.32 Å². The summed E-state index contributed by atoms with van der Waals surface area (Å²) in [5.41, 5.74) is 0. The molecule has 0 saturated heterocycles. The maximum absolute atomic E-state index is 4.05. The molecule has 0 bridgehead atoms. The van der Waals surface area contributed by atoms with Gasteiger partial charge in [-0.25, -0.2) is 4.68 Å². The molecular weight excluding hydrogens is 222 g/mol. The lowest BCUT2D eigenvalue weighted by Crippen LogP contribution is -2.20. The molecule has 6 heteroatoms. The first-order valence-electron chi connectivity index (χ1n) is 5.91. The molecule has 0 aliphatic carbocycles. The third kappa shape index (κ3) is 4.49. The molecule has 0 aliphatic rings. The lowest BCUT2D eigenvalue weighted by atomic mass is 10.3. The van der Waals surface area contributed by atoms with Crippen molar-refractivity contribution in [1.29, 1.82) is 0 Å². The van der Waals surface area contributed by atoms with Crippen molar-refractivity contribution in [2.75, 3.05) is 13.1 Å². The van der Waals surface area contributed by atoms with Gasteiger partial charge in [0.25, 0.3) is 0 Å². The molecule has 1 aromatic rings. The normalized spacial score (nSPS) is 12.9. The van der Waals surface area contributed by atoms with E-state index in [1.54, 1.807) is 11.8 Å². The van der Waals surface area contributed by atoms with Crippen LogP contribution in [0.4, 0.5) is 0 Å². The predicted molar refractivity (Wildman–Crippen MR) is 66.6 cm³/mol. The SMILES string of the molecule is CCCC(C)Sc1nnnn1CCNCC. The molecule has 0 aromatic carbocycles. The molecule has 1 aromatic heterocycles. The van der Waals surface area contributed by atoms with E-state index in [1.807, 2.05) is 4.68 Å². The van der Waals surface area contributed by atoms with Crippen molar-refractivity contribution in [3.05, 3.63) is 0 Å². The van der Waals surface area contributed by atoms with E-state index in [2.05, 4.69) is 41.6 Å². The number of tetrazole rings is 1. The summed E-state index contributed by atoms with van der Waals surface area (Å²) in [6.07, 6.45) is 2.40. The van der Waals surface area contributed by atoms with Gasteiger partial charge in [0, 0.05) is 11.8 Å². The van der Waals surface area contributed by atoms with Crippen molar-refractivity contribution < 1.29 is 0 Å². The first-order chi connectivity index (χ1) is 7.77. The Morgan fingerprint density at radius 3 is 2.94 bits per heavy atom. The third-order valence-electron chi connectivity index (χ3n) is 2.25. The molecule has 5 nitrogen and oxygen atoms in total. The first-order valence-corrected chi connectivity index (χ1v) is 6.79. The van der Waals surface area contributed by atoms with Crippen molar-refractivity contribution >= 4 is 11.8 Å². The van der Waals surface area contributed by atoms with E-state index in [4.69, 9.17) is 0 Å². The first kappa shape index (κ1) is 13.4. The standard InChI is InChI=1S/C10H21N5S/c1-4-6-9(3)16-10-12-13-14-15(10)8-7-11-5-2/h9,11H,4-8H2,1-3H3. The monoisotopic (exact) mass is 243 g/mol. The van der Waals surface area contributed by atoms with Gasteiger partial charge in [-0.2, -0.15) is 0 Å².